The van der Waals surface area contributed by atoms with E-state index in [1.54, 1.807) is 13.0 Å². The number of benzene rings is 1. The summed E-state index contributed by atoms with van der Waals surface area (Å²) in [5.41, 5.74) is 2.16. The smallest absolute Gasteiger partial charge is 0.226 e. The predicted molar refractivity (Wildman–Crippen MR) is 107 cm³/mol. The molecule has 7 heteroatoms. The molecule has 0 spiro atoms. The molecule has 7 nitrogen and oxygen atoms in total. The number of hydrogen-bond acceptors (Lipinski definition) is 5. The van der Waals surface area contributed by atoms with Crippen molar-refractivity contribution in [2.24, 2.45) is 0 Å². The molecule has 1 aliphatic rings. The first-order valence-corrected chi connectivity index (χ1v) is 9.76. The Morgan fingerprint density at radius 2 is 2.18 bits per heavy atom. The fraction of sp³-hybridized carbons (Fsp3) is 0.381. The average molecular weight is 379 g/mol. The molecule has 4 rings (SSSR count). The van der Waals surface area contributed by atoms with Gasteiger partial charge in [0, 0.05) is 19.0 Å². The van der Waals surface area contributed by atoms with E-state index in [4.69, 9.17) is 4.52 Å². The Hall–Kier alpha value is -2.93. The first-order chi connectivity index (χ1) is 13.7. The number of nitrogens with zero attached hydrogens (tertiary/aromatic N) is 3. The summed E-state index contributed by atoms with van der Waals surface area (Å²) in [5.74, 6) is 2.07. The maximum Gasteiger partial charge on any atom is 0.226 e. The highest BCUT2D eigenvalue weighted by Gasteiger charge is 2.26. The van der Waals surface area contributed by atoms with E-state index in [0.717, 1.165) is 36.5 Å². The molecule has 146 valence electrons. The van der Waals surface area contributed by atoms with Crippen molar-refractivity contribution in [3.8, 4) is 11.3 Å². The monoisotopic (exact) mass is 379 g/mol. The van der Waals surface area contributed by atoms with E-state index >= 15 is 0 Å². The van der Waals surface area contributed by atoms with Gasteiger partial charge in [0.05, 0.1) is 17.9 Å². The normalized spacial score (nSPS) is 17.5. The minimum absolute atomic E-state index is 0.0537. The van der Waals surface area contributed by atoms with Crippen LogP contribution in [-0.2, 0) is 4.79 Å². The summed E-state index contributed by atoms with van der Waals surface area (Å²) < 4.78 is 4.99. The van der Waals surface area contributed by atoms with Crippen LogP contribution >= 0.6 is 0 Å². The van der Waals surface area contributed by atoms with Gasteiger partial charge in [-0.2, -0.15) is 0 Å². The summed E-state index contributed by atoms with van der Waals surface area (Å²) >= 11 is 0. The Bertz CT molecular complexity index is 918. The molecule has 1 fully saturated rings. The number of aromatic nitrogens is 3. The molecule has 0 saturated carbocycles. The summed E-state index contributed by atoms with van der Waals surface area (Å²) in [7, 11) is 0. The Labute approximate surface area is 164 Å². The van der Waals surface area contributed by atoms with Crippen LogP contribution in [0, 0.1) is 6.92 Å². The number of likely N-dealkylation sites (tertiary alicyclic amines) is 1. The average Bonchev–Trinajstić information content (AvgIpc) is 3.37. The molecule has 28 heavy (non-hydrogen) atoms. The summed E-state index contributed by atoms with van der Waals surface area (Å²) in [6.45, 7) is 3.46. The van der Waals surface area contributed by atoms with Crippen molar-refractivity contribution in [1.29, 1.82) is 0 Å². The van der Waals surface area contributed by atoms with E-state index in [9.17, 15) is 4.79 Å². The van der Waals surface area contributed by atoms with E-state index in [0.29, 0.717) is 24.5 Å². The lowest BCUT2D eigenvalue weighted by molar-refractivity contribution is -0.116. The lowest BCUT2D eigenvalue weighted by Gasteiger charge is -2.34. The Balaban J connectivity index is 1.39. The molecule has 1 aliphatic heterocycles. The van der Waals surface area contributed by atoms with Gasteiger partial charge in [-0.3, -0.25) is 9.69 Å². The van der Waals surface area contributed by atoms with E-state index in [1.807, 2.05) is 24.4 Å². The van der Waals surface area contributed by atoms with Crippen molar-refractivity contribution in [2.75, 3.05) is 18.4 Å². The van der Waals surface area contributed by atoms with Crippen molar-refractivity contribution < 1.29 is 9.32 Å². The van der Waals surface area contributed by atoms with Crippen LogP contribution in [0.5, 0.6) is 0 Å². The molecule has 2 aromatic heterocycles. The summed E-state index contributed by atoms with van der Waals surface area (Å²) in [6.07, 6.45) is 5.68. The van der Waals surface area contributed by atoms with E-state index in [-0.39, 0.29) is 11.9 Å². The van der Waals surface area contributed by atoms with Crippen LogP contribution in [0.15, 0.2) is 47.1 Å². The number of amides is 1. The highest BCUT2D eigenvalue weighted by Crippen LogP contribution is 2.30. The topological polar surface area (TPSA) is 87.0 Å². The number of carbonyl (C=O) groups is 1. The fourth-order valence-corrected chi connectivity index (χ4v) is 3.71. The molecule has 1 atom stereocenters. The molecule has 0 radical (unpaired) electrons. The fourth-order valence-electron chi connectivity index (χ4n) is 3.71. The molecule has 1 amide bonds. The van der Waals surface area contributed by atoms with Gasteiger partial charge in [0.25, 0.3) is 0 Å². The SMILES string of the molecule is Cc1cc(NC(=O)CCN2CCCCC2c2ncc(-c3ccccc3)[nH]2)no1. The lowest BCUT2D eigenvalue weighted by Crippen LogP contribution is -2.36. The van der Waals surface area contributed by atoms with E-state index < -0.39 is 0 Å². The second-order valence-corrected chi connectivity index (χ2v) is 7.22. The standard InChI is InChI=1S/C21H25N5O2/c1-15-13-19(25-28-15)24-20(27)10-12-26-11-6-5-9-18(26)21-22-14-17(23-21)16-7-3-2-4-8-16/h2-4,7-8,13-14,18H,5-6,9-12H2,1H3,(H,22,23)(H,24,25,27). The van der Waals surface area contributed by atoms with Crippen LogP contribution in [0.25, 0.3) is 11.3 Å². The maximum absolute atomic E-state index is 12.3. The van der Waals surface area contributed by atoms with Crippen molar-refractivity contribution in [1.82, 2.24) is 20.0 Å². The van der Waals surface area contributed by atoms with Gasteiger partial charge in [-0.05, 0) is 31.9 Å². The third kappa shape index (κ3) is 4.31. The van der Waals surface area contributed by atoms with E-state index in [1.165, 1.54) is 6.42 Å². The Morgan fingerprint density at radius 1 is 1.32 bits per heavy atom. The van der Waals surface area contributed by atoms with Crippen molar-refractivity contribution in [3.63, 3.8) is 0 Å². The number of rotatable bonds is 6. The van der Waals surface area contributed by atoms with Crippen LogP contribution < -0.4 is 5.32 Å². The van der Waals surface area contributed by atoms with Crippen LogP contribution in [0.1, 0.15) is 43.3 Å². The molecule has 1 saturated heterocycles. The second-order valence-electron chi connectivity index (χ2n) is 7.22. The second kappa shape index (κ2) is 8.39. The number of anilines is 1. The zero-order chi connectivity index (χ0) is 19.3. The molecule has 0 aliphatic carbocycles. The number of hydrogen-bond donors (Lipinski definition) is 2. The van der Waals surface area contributed by atoms with Crippen molar-refractivity contribution in [2.45, 2.75) is 38.6 Å². The first kappa shape index (κ1) is 18.4. The third-order valence-corrected chi connectivity index (χ3v) is 5.13. The molecule has 0 bridgehead atoms. The number of piperidine rings is 1. The molecular weight excluding hydrogens is 354 g/mol. The minimum atomic E-state index is -0.0537. The van der Waals surface area contributed by atoms with Crippen LogP contribution in [0.3, 0.4) is 0 Å². The van der Waals surface area contributed by atoms with Gasteiger partial charge in [0.1, 0.15) is 11.6 Å². The first-order valence-electron chi connectivity index (χ1n) is 9.76. The largest absolute Gasteiger partial charge is 0.360 e. The lowest BCUT2D eigenvalue weighted by atomic mass is 10.0. The highest BCUT2D eigenvalue weighted by atomic mass is 16.5. The van der Waals surface area contributed by atoms with Gasteiger partial charge in [-0.15, -0.1) is 0 Å². The van der Waals surface area contributed by atoms with Crippen LogP contribution in [0.4, 0.5) is 5.82 Å². The summed E-state index contributed by atoms with van der Waals surface area (Å²) in [5, 5.41) is 6.60. The van der Waals surface area contributed by atoms with Crippen molar-refractivity contribution in [3.05, 3.63) is 54.2 Å². The Kier molecular flexibility index (Phi) is 5.53. The van der Waals surface area contributed by atoms with Gasteiger partial charge in [-0.1, -0.05) is 41.9 Å². The molecule has 1 aromatic carbocycles. The predicted octanol–water partition coefficient (Wildman–Crippen LogP) is 3.93. The number of carbonyl (C=O) groups excluding carboxylic acids is 1. The molecule has 1 unspecified atom stereocenters. The number of nitrogens with one attached hydrogen (secondary N) is 2. The van der Waals surface area contributed by atoms with Gasteiger partial charge >= 0.3 is 0 Å². The zero-order valence-electron chi connectivity index (χ0n) is 16.0. The Morgan fingerprint density at radius 3 is 2.96 bits per heavy atom. The minimum Gasteiger partial charge on any atom is -0.360 e. The number of aromatic amines is 1. The zero-order valence-corrected chi connectivity index (χ0v) is 16.0. The number of aryl methyl sites for hydroxylation is 1. The number of H-pyrrole nitrogens is 1. The van der Waals surface area contributed by atoms with Crippen molar-refractivity contribution >= 4 is 11.7 Å². The quantitative estimate of drug-likeness (QED) is 0.678. The van der Waals surface area contributed by atoms with Gasteiger partial charge in [0.2, 0.25) is 5.91 Å². The molecule has 3 heterocycles. The van der Waals surface area contributed by atoms with Crippen LogP contribution in [-0.4, -0.2) is 39.0 Å². The highest BCUT2D eigenvalue weighted by molar-refractivity contribution is 5.89. The number of imidazole rings is 1. The molecular formula is C21H25N5O2. The van der Waals surface area contributed by atoms with Gasteiger partial charge in [-0.25, -0.2) is 4.98 Å². The van der Waals surface area contributed by atoms with E-state index in [2.05, 4.69) is 37.5 Å². The van der Waals surface area contributed by atoms with Gasteiger partial charge < -0.3 is 14.8 Å². The molecule has 3 aromatic rings. The van der Waals surface area contributed by atoms with Gasteiger partial charge in [0.15, 0.2) is 5.82 Å². The molecule has 2 N–H and O–H groups in total. The third-order valence-electron chi connectivity index (χ3n) is 5.13. The summed E-state index contributed by atoms with van der Waals surface area (Å²) in [4.78, 5) is 22.7. The van der Waals surface area contributed by atoms with Crippen LogP contribution in [0.2, 0.25) is 0 Å². The summed E-state index contributed by atoms with van der Waals surface area (Å²) in [6, 6.07) is 12.1. The maximum atomic E-state index is 12.3.